The van der Waals surface area contributed by atoms with Crippen molar-refractivity contribution in [2.75, 3.05) is 6.54 Å². The standard InChI is InChI=1S/C14H26N2O/c1-13(2)11(14(13,3)4)12(17)16-10-7-5-6-9(10)8-15/h9-11H,5-8,15H2,1-4H3,(H,16,17). The van der Waals surface area contributed by atoms with Crippen LogP contribution in [0.2, 0.25) is 0 Å². The Balaban J connectivity index is 1.95. The third kappa shape index (κ3) is 1.88. The van der Waals surface area contributed by atoms with E-state index in [9.17, 15) is 4.79 Å². The molecular weight excluding hydrogens is 212 g/mol. The van der Waals surface area contributed by atoms with Crippen molar-refractivity contribution in [1.29, 1.82) is 0 Å². The highest BCUT2D eigenvalue weighted by Gasteiger charge is 2.68. The van der Waals surface area contributed by atoms with E-state index in [1.165, 1.54) is 12.8 Å². The van der Waals surface area contributed by atoms with Gasteiger partial charge in [-0.2, -0.15) is 0 Å². The number of nitrogens with one attached hydrogen (secondary N) is 1. The molecule has 17 heavy (non-hydrogen) atoms. The lowest BCUT2D eigenvalue weighted by Gasteiger charge is -2.20. The van der Waals surface area contributed by atoms with E-state index in [0.717, 1.165) is 6.42 Å². The quantitative estimate of drug-likeness (QED) is 0.789. The van der Waals surface area contributed by atoms with Crippen LogP contribution in [-0.2, 0) is 4.79 Å². The van der Waals surface area contributed by atoms with Crippen LogP contribution in [0.4, 0.5) is 0 Å². The summed E-state index contributed by atoms with van der Waals surface area (Å²) >= 11 is 0. The molecule has 2 atom stereocenters. The molecule has 0 saturated heterocycles. The first-order chi connectivity index (χ1) is 7.82. The maximum absolute atomic E-state index is 12.3. The van der Waals surface area contributed by atoms with E-state index in [0.29, 0.717) is 18.5 Å². The van der Waals surface area contributed by atoms with E-state index in [4.69, 9.17) is 5.73 Å². The van der Waals surface area contributed by atoms with Gasteiger partial charge >= 0.3 is 0 Å². The molecule has 0 bridgehead atoms. The maximum Gasteiger partial charge on any atom is 0.224 e. The van der Waals surface area contributed by atoms with Crippen LogP contribution in [0.1, 0.15) is 47.0 Å². The normalized spacial score (nSPS) is 34.6. The number of amides is 1. The lowest BCUT2D eigenvalue weighted by Crippen LogP contribution is -2.41. The zero-order valence-corrected chi connectivity index (χ0v) is 11.5. The first-order valence-electron chi connectivity index (χ1n) is 6.83. The van der Waals surface area contributed by atoms with Gasteiger partial charge in [0, 0.05) is 12.0 Å². The molecule has 2 fully saturated rings. The van der Waals surface area contributed by atoms with Gasteiger partial charge in [-0.05, 0) is 36.1 Å². The van der Waals surface area contributed by atoms with Gasteiger partial charge < -0.3 is 11.1 Å². The highest BCUT2D eigenvalue weighted by atomic mass is 16.2. The largest absolute Gasteiger partial charge is 0.353 e. The zero-order valence-electron chi connectivity index (χ0n) is 11.5. The molecule has 0 aromatic heterocycles. The van der Waals surface area contributed by atoms with E-state index in [2.05, 4.69) is 33.0 Å². The average Bonchev–Trinajstić information content (AvgIpc) is 2.57. The van der Waals surface area contributed by atoms with Crippen LogP contribution in [0.5, 0.6) is 0 Å². The summed E-state index contributed by atoms with van der Waals surface area (Å²) in [4.78, 5) is 12.3. The minimum atomic E-state index is 0.133. The SMILES string of the molecule is CC1(C)C(C(=O)NC2CCCC2CN)C1(C)C. The number of hydrogen-bond acceptors (Lipinski definition) is 2. The van der Waals surface area contributed by atoms with E-state index in [1.54, 1.807) is 0 Å². The van der Waals surface area contributed by atoms with Gasteiger partial charge in [-0.3, -0.25) is 4.79 Å². The fraction of sp³-hybridized carbons (Fsp3) is 0.929. The van der Waals surface area contributed by atoms with Crippen LogP contribution in [0.25, 0.3) is 0 Å². The molecule has 1 amide bonds. The van der Waals surface area contributed by atoms with E-state index in [-0.39, 0.29) is 22.7 Å². The highest BCUT2D eigenvalue weighted by Crippen LogP contribution is 2.68. The molecule has 98 valence electrons. The number of rotatable bonds is 3. The number of hydrogen-bond donors (Lipinski definition) is 2. The molecule has 3 N–H and O–H groups in total. The molecule has 0 radical (unpaired) electrons. The smallest absolute Gasteiger partial charge is 0.224 e. The van der Waals surface area contributed by atoms with Crippen molar-refractivity contribution in [2.45, 2.75) is 53.0 Å². The molecule has 0 spiro atoms. The van der Waals surface area contributed by atoms with Crippen molar-refractivity contribution < 1.29 is 4.79 Å². The molecule has 0 aromatic carbocycles. The first-order valence-corrected chi connectivity index (χ1v) is 6.83. The molecule has 0 aliphatic heterocycles. The first kappa shape index (κ1) is 12.9. The zero-order chi connectivity index (χ0) is 12.8. The lowest BCUT2D eigenvalue weighted by atomic mass is 10.0. The Kier molecular flexibility index (Phi) is 3.01. The van der Waals surface area contributed by atoms with Gasteiger partial charge in [0.25, 0.3) is 0 Å². The molecule has 2 unspecified atom stereocenters. The topological polar surface area (TPSA) is 55.1 Å². The van der Waals surface area contributed by atoms with Crippen LogP contribution in [0.15, 0.2) is 0 Å². The van der Waals surface area contributed by atoms with Gasteiger partial charge in [-0.15, -0.1) is 0 Å². The van der Waals surface area contributed by atoms with E-state index in [1.807, 2.05) is 0 Å². The Hall–Kier alpha value is -0.570. The molecule has 3 heteroatoms. The second-order valence-corrected chi connectivity index (χ2v) is 6.92. The number of nitrogens with two attached hydrogens (primary N) is 1. The van der Waals surface area contributed by atoms with Crippen LogP contribution in [0.3, 0.4) is 0 Å². The summed E-state index contributed by atoms with van der Waals surface area (Å²) in [6.45, 7) is 9.44. The van der Waals surface area contributed by atoms with Crippen LogP contribution < -0.4 is 11.1 Å². The predicted octanol–water partition coefficient (Wildman–Crippen LogP) is 1.91. The van der Waals surface area contributed by atoms with Gasteiger partial charge in [0.15, 0.2) is 0 Å². The molecule has 0 heterocycles. The Morgan fingerprint density at radius 3 is 2.29 bits per heavy atom. The Morgan fingerprint density at radius 1 is 1.24 bits per heavy atom. The third-order valence-electron chi connectivity index (χ3n) is 5.57. The van der Waals surface area contributed by atoms with Gasteiger partial charge in [0.2, 0.25) is 5.91 Å². The summed E-state index contributed by atoms with van der Waals surface area (Å²) in [6, 6.07) is 0.319. The Labute approximate surface area is 105 Å². The van der Waals surface area contributed by atoms with Crippen molar-refractivity contribution in [3.8, 4) is 0 Å². The fourth-order valence-corrected chi connectivity index (χ4v) is 3.63. The molecule has 0 aromatic rings. The minimum Gasteiger partial charge on any atom is -0.353 e. The van der Waals surface area contributed by atoms with Crippen molar-refractivity contribution in [2.24, 2.45) is 28.4 Å². The Morgan fingerprint density at radius 2 is 1.82 bits per heavy atom. The molecule has 2 aliphatic carbocycles. The molecular formula is C14H26N2O. The van der Waals surface area contributed by atoms with Crippen LogP contribution in [0, 0.1) is 22.7 Å². The maximum atomic E-state index is 12.3. The second kappa shape index (κ2) is 3.98. The minimum absolute atomic E-state index is 0.133. The summed E-state index contributed by atoms with van der Waals surface area (Å²) < 4.78 is 0. The summed E-state index contributed by atoms with van der Waals surface area (Å²) in [6.07, 6.45) is 3.46. The molecule has 2 saturated carbocycles. The summed E-state index contributed by atoms with van der Waals surface area (Å²) in [5.41, 5.74) is 6.01. The highest BCUT2D eigenvalue weighted by molar-refractivity contribution is 5.84. The van der Waals surface area contributed by atoms with Gasteiger partial charge in [-0.25, -0.2) is 0 Å². The van der Waals surface area contributed by atoms with Crippen molar-refractivity contribution in [1.82, 2.24) is 5.32 Å². The van der Waals surface area contributed by atoms with Crippen molar-refractivity contribution in [3.63, 3.8) is 0 Å². The fourth-order valence-electron chi connectivity index (χ4n) is 3.63. The van der Waals surface area contributed by atoms with E-state index >= 15 is 0 Å². The van der Waals surface area contributed by atoms with E-state index < -0.39 is 0 Å². The molecule has 2 aliphatic rings. The summed E-state index contributed by atoms with van der Waals surface area (Å²) in [5, 5.41) is 3.23. The van der Waals surface area contributed by atoms with Crippen molar-refractivity contribution >= 4 is 5.91 Å². The predicted molar refractivity (Wildman–Crippen MR) is 69.4 cm³/mol. The number of carbonyl (C=O) groups is 1. The average molecular weight is 238 g/mol. The van der Waals surface area contributed by atoms with Gasteiger partial charge in [0.05, 0.1) is 0 Å². The van der Waals surface area contributed by atoms with Crippen molar-refractivity contribution in [3.05, 3.63) is 0 Å². The Bertz CT molecular complexity index is 308. The summed E-state index contributed by atoms with van der Waals surface area (Å²) in [7, 11) is 0. The number of carbonyl (C=O) groups excluding carboxylic acids is 1. The molecule has 3 nitrogen and oxygen atoms in total. The van der Waals surface area contributed by atoms with Gasteiger partial charge in [0.1, 0.15) is 0 Å². The van der Waals surface area contributed by atoms with Gasteiger partial charge in [-0.1, -0.05) is 34.1 Å². The van der Waals surface area contributed by atoms with Crippen LogP contribution in [-0.4, -0.2) is 18.5 Å². The van der Waals surface area contributed by atoms with Crippen LogP contribution >= 0.6 is 0 Å². The second-order valence-electron chi connectivity index (χ2n) is 6.92. The lowest BCUT2D eigenvalue weighted by molar-refractivity contribution is -0.124. The monoisotopic (exact) mass is 238 g/mol. The molecule has 2 rings (SSSR count). The third-order valence-corrected chi connectivity index (χ3v) is 5.57. The summed E-state index contributed by atoms with van der Waals surface area (Å²) in [5.74, 6) is 0.892.